The summed E-state index contributed by atoms with van der Waals surface area (Å²) in [7, 11) is 0. The summed E-state index contributed by atoms with van der Waals surface area (Å²) in [5.41, 5.74) is 0.556. The number of hydrogen-bond acceptors (Lipinski definition) is 5. The molecule has 0 atom stereocenters. The van der Waals surface area contributed by atoms with Crippen molar-refractivity contribution in [1.29, 1.82) is 0 Å². The topological polar surface area (TPSA) is 94.9 Å². The van der Waals surface area contributed by atoms with E-state index in [9.17, 15) is 19.5 Å². The van der Waals surface area contributed by atoms with Gasteiger partial charge in [0, 0.05) is 0 Å². The zero-order valence-corrected chi connectivity index (χ0v) is 10.4. The molecule has 1 aliphatic heterocycles. The van der Waals surface area contributed by atoms with Crippen molar-refractivity contribution in [3.63, 3.8) is 0 Å². The minimum atomic E-state index is -1.25. The predicted octanol–water partition coefficient (Wildman–Crippen LogP) is 1.51. The lowest BCUT2D eigenvalue weighted by Crippen LogP contribution is -2.33. The molecule has 6 nitrogen and oxygen atoms in total. The number of aromatic hydroxyl groups is 1. The van der Waals surface area contributed by atoms with Gasteiger partial charge in [0.25, 0.3) is 11.1 Å². The van der Waals surface area contributed by atoms with E-state index in [-0.39, 0.29) is 10.7 Å². The maximum absolute atomic E-state index is 11.8. The first-order valence-electron chi connectivity index (χ1n) is 5.23. The van der Waals surface area contributed by atoms with Crippen molar-refractivity contribution in [2.75, 3.05) is 6.54 Å². The molecule has 0 unspecified atom stereocenters. The Morgan fingerprint density at radius 2 is 2.11 bits per heavy atom. The van der Waals surface area contributed by atoms with Crippen LogP contribution in [-0.2, 0) is 9.59 Å². The number of carbonyl (C=O) groups excluding carboxylic acids is 2. The van der Waals surface area contributed by atoms with Crippen LogP contribution in [0.5, 0.6) is 5.75 Å². The number of nitrogens with zero attached hydrogens (tertiary/aromatic N) is 1. The van der Waals surface area contributed by atoms with Gasteiger partial charge in [-0.05, 0) is 35.5 Å². The minimum absolute atomic E-state index is 0.0403. The molecule has 1 fully saturated rings. The van der Waals surface area contributed by atoms with Crippen molar-refractivity contribution in [2.45, 2.75) is 0 Å². The van der Waals surface area contributed by atoms with Crippen molar-refractivity contribution in [1.82, 2.24) is 4.90 Å². The number of phenols is 1. The van der Waals surface area contributed by atoms with Crippen LogP contribution in [0.15, 0.2) is 29.2 Å². The smallest absolute Gasteiger partial charge is 0.323 e. The van der Waals surface area contributed by atoms with E-state index in [2.05, 4.69) is 0 Å². The monoisotopic (exact) mass is 279 g/mol. The van der Waals surface area contributed by atoms with Crippen LogP contribution < -0.4 is 0 Å². The molecule has 0 bridgehead atoms. The number of carboxylic acids is 1. The van der Waals surface area contributed by atoms with Crippen molar-refractivity contribution in [2.24, 2.45) is 0 Å². The second-order valence-electron chi connectivity index (χ2n) is 3.76. The van der Waals surface area contributed by atoms with Gasteiger partial charge in [-0.25, -0.2) is 0 Å². The summed E-state index contributed by atoms with van der Waals surface area (Å²) in [6, 6.07) is 6.17. The van der Waals surface area contributed by atoms with E-state index >= 15 is 0 Å². The van der Waals surface area contributed by atoms with Crippen molar-refractivity contribution in [3.05, 3.63) is 34.7 Å². The maximum Gasteiger partial charge on any atom is 0.323 e. The molecule has 1 aliphatic rings. The fourth-order valence-corrected chi connectivity index (χ4v) is 2.38. The van der Waals surface area contributed by atoms with Crippen LogP contribution in [0.1, 0.15) is 5.56 Å². The number of phenolic OH excluding ortho intramolecular Hbond substituents is 1. The third-order valence-corrected chi connectivity index (χ3v) is 3.24. The Bertz CT molecular complexity index is 596. The Balaban J connectivity index is 2.25. The molecular formula is C12H9NO5S. The number of benzene rings is 1. The molecule has 1 heterocycles. The molecule has 0 spiro atoms. The molecule has 1 aromatic rings. The highest BCUT2D eigenvalue weighted by atomic mass is 32.2. The van der Waals surface area contributed by atoms with Crippen LogP contribution in [0.4, 0.5) is 4.79 Å². The van der Waals surface area contributed by atoms with E-state index in [0.717, 1.165) is 0 Å². The number of rotatable bonds is 3. The van der Waals surface area contributed by atoms with Gasteiger partial charge in [-0.1, -0.05) is 12.1 Å². The molecule has 2 rings (SSSR count). The first-order chi connectivity index (χ1) is 8.97. The molecule has 7 heteroatoms. The van der Waals surface area contributed by atoms with Crippen LogP contribution >= 0.6 is 11.8 Å². The van der Waals surface area contributed by atoms with Gasteiger partial charge in [-0.3, -0.25) is 19.3 Å². The first-order valence-corrected chi connectivity index (χ1v) is 6.05. The summed E-state index contributed by atoms with van der Waals surface area (Å²) in [6.07, 6.45) is 1.44. The highest BCUT2D eigenvalue weighted by molar-refractivity contribution is 8.18. The van der Waals surface area contributed by atoms with Gasteiger partial charge in [0.2, 0.25) is 0 Å². The molecule has 0 aliphatic carbocycles. The van der Waals surface area contributed by atoms with Crippen molar-refractivity contribution < 1.29 is 24.6 Å². The molecular weight excluding hydrogens is 270 g/mol. The molecule has 0 saturated carbocycles. The van der Waals surface area contributed by atoms with Crippen molar-refractivity contribution in [3.8, 4) is 5.75 Å². The van der Waals surface area contributed by atoms with E-state index in [1.54, 1.807) is 12.1 Å². The van der Waals surface area contributed by atoms with E-state index in [4.69, 9.17) is 5.11 Å². The number of hydrogen-bond donors (Lipinski definition) is 2. The molecule has 19 heavy (non-hydrogen) atoms. The summed E-state index contributed by atoms with van der Waals surface area (Å²) in [5, 5.41) is 17.3. The highest BCUT2D eigenvalue weighted by Gasteiger charge is 2.36. The molecule has 2 amide bonds. The second kappa shape index (κ2) is 5.15. The van der Waals surface area contributed by atoms with Crippen LogP contribution in [-0.4, -0.2) is 38.8 Å². The van der Waals surface area contributed by atoms with Gasteiger partial charge in [0.05, 0.1) is 4.91 Å². The van der Waals surface area contributed by atoms with Gasteiger partial charge in [0.1, 0.15) is 12.3 Å². The number of thioether (sulfide) groups is 1. The standard InChI is InChI=1S/C12H9NO5S/c14-8-3-1-2-7(4-8)5-9-11(17)13(6-10(15)16)12(18)19-9/h1-5,14H,6H2,(H,15,16)/b9-5-. The zero-order chi connectivity index (χ0) is 14.0. The Kier molecular flexibility index (Phi) is 3.57. The minimum Gasteiger partial charge on any atom is -0.508 e. The molecule has 2 N–H and O–H groups in total. The van der Waals surface area contributed by atoms with Crippen LogP contribution in [0.2, 0.25) is 0 Å². The number of carboxylic acid groups (broad SMARTS) is 1. The summed E-state index contributed by atoms with van der Waals surface area (Å²) in [4.78, 5) is 34.7. The first kappa shape index (κ1) is 13.2. The van der Waals surface area contributed by atoms with Crippen LogP contribution in [0.3, 0.4) is 0 Å². The van der Waals surface area contributed by atoms with E-state index < -0.39 is 23.7 Å². The zero-order valence-electron chi connectivity index (χ0n) is 9.57. The molecule has 0 aromatic heterocycles. The SMILES string of the molecule is O=C(O)CN1C(=O)S/C(=C\c2cccc(O)c2)C1=O. The third-order valence-electron chi connectivity index (χ3n) is 2.33. The van der Waals surface area contributed by atoms with Gasteiger partial charge >= 0.3 is 5.97 Å². The van der Waals surface area contributed by atoms with Crippen LogP contribution in [0.25, 0.3) is 6.08 Å². The summed E-state index contributed by atoms with van der Waals surface area (Å²) < 4.78 is 0. The lowest BCUT2D eigenvalue weighted by Gasteiger charge is -2.07. The van der Waals surface area contributed by atoms with E-state index in [0.29, 0.717) is 22.2 Å². The number of carbonyl (C=O) groups is 3. The highest BCUT2D eigenvalue weighted by Crippen LogP contribution is 2.32. The molecule has 1 aromatic carbocycles. The fourth-order valence-electron chi connectivity index (χ4n) is 1.54. The summed E-state index contributed by atoms with van der Waals surface area (Å²) in [5.74, 6) is -1.85. The molecule has 98 valence electrons. The average Bonchev–Trinajstić information content (AvgIpc) is 2.57. The Morgan fingerprint density at radius 1 is 1.37 bits per heavy atom. The third kappa shape index (κ3) is 2.94. The van der Waals surface area contributed by atoms with Gasteiger partial charge in [0.15, 0.2) is 0 Å². The Morgan fingerprint density at radius 3 is 2.74 bits per heavy atom. The average molecular weight is 279 g/mol. The normalized spacial score (nSPS) is 17.3. The Hall–Kier alpha value is -2.28. The van der Waals surface area contributed by atoms with E-state index in [1.807, 2.05) is 0 Å². The predicted molar refractivity (Wildman–Crippen MR) is 68.4 cm³/mol. The van der Waals surface area contributed by atoms with Crippen LogP contribution in [0, 0.1) is 0 Å². The second-order valence-corrected chi connectivity index (χ2v) is 4.75. The van der Waals surface area contributed by atoms with Gasteiger partial charge in [-0.2, -0.15) is 0 Å². The fraction of sp³-hybridized carbons (Fsp3) is 0.0833. The number of aliphatic carboxylic acids is 1. The summed E-state index contributed by atoms with van der Waals surface area (Å²) in [6.45, 7) is -0.651. The van der Waals surface area contributed by atoms with Gasteiger partial charge in [-0.15, -0.1) is 0 Å². The summed E-state index contributed by atoms with van der Waals surface area (Å²) >= 11 is 0.678. The maximum atomic E-state index is 11.8. The Labute approximate surface area is 112 Å². The van der Waals surface area contributed by atoms with Gasteiger partial charge < -0.3 is 10.2 Å². The largest absolute Gasteiger partial charge is 0.508 e. The molecule has 1 saturated heterocycles. The number of amides is 2. The quantitative estimate of drug-likeness (QED) is 0.814. The molecule has 0 radical (unpaired) electrons. The van der Waals surface area contributed by atoms with Crippen molar-refractivity contribution >= 4 is 35.0 Å². The van der Waals surface area contributed by atoms with E-state index in [1.165, 1.54) is 18.2 Å². The lowest BCUT2D eigenvalue weighted by atomic mass is 10.2. The lowest BCUT2D eigenvalue weighted by molar-refractivity contribution is -0.140. The number of imide groups is 1.